The molecule has 0 spiro atoms. The van der Waals surface area contributed by atoms with Gasteiger partial charge in [-0.2, -0.15) is 5.10 Å². The smallest absolute Gasteiger partial charge is 0.277 e. The Morgan fingerprint density at radius 1 is 1.10 bits per heavy atom. The highest BCUT2D eigenvalue weighted by molar-refractivity contribution is 5.83. The monoisotopic (exact) mass is 290 g/mol. The van der Waals surface area contributed by atoms with Crippen molar-refractivity contribution in [3.05, 3.63) is 65.7 Å². The Bertz CT molecular complexity index is 660. The summed E-state index contributed by atoms with van der Waals surface area (Å²) in [5, 5.41) is 3.60. The maximum absolute atomic E-state index is 13.3. The zero-order valence-electron chi connectivity index (χ0n) is 10.9. The van der Waals surface area contributed by atoms with E-state index in [-0.39, 0.29) is 11.3 Å². The van der Waals surface area contributed by atoms with Gasteiger partial charge in [0.1, 0.15) is 5.82 Å². The van der Waals surface area contributed by atoms with Gasteiger partial charge in [0.25, 0.3) is 5.91 Å². The number of hydrogen-bond acceptors (Lipinski definition) is 3. The molecule has 0 aliphatic rings. The molecule has 6 heteroatoms. The van der Waals surface area contributed by atoms with Gasteiger partial charge in [0, 0.05) is 5.56 Å². The fourth-order valence-corrected chi connectivity index (χ4v) is 1.49. The summed E-state index contributed by atoms with van der Waals surface area (Å²) < 4.78 is 31.5. The van der Waals surface area contributed by atoms with E-state index in [1.807, 2.05) is 0 Å². The molecular weight excluding hydrogens is 278 g/mol. The van der Waals surface area contributed by atoms with Crippen LogP contribution in [0.1, 0.15) is 5.56 Å². The zero-order valence-corrected chi connectivity index (χ0v) is 10.9. The van der Waals surface area contributed by atoms with Crippen molar-refractivity contribution in [1.82, 2.24) is 5.43 Å². The van der Waals surface area contributed by atoms with Gasteiger partial charge in [0.15, 0.2) is 18.2 Å². The van der Waals surface area contributed by atoms with E-state index in [1.54, 1.807) is 18.2 Å². The number of carbonyl (C=O) groups excluding carboxylic acids is 1. The highest BCUT2D eigenvalue weighted by Gasteiger charge is 2.05. The van der Waals surface area contributed by atoms with Crippen LogP contribution in [-0.2, 0) is 4.79 Å². The van der Waals surface area contributed by atoms with Crippen LogP contribution < -0.4 is 10.2 Å². The number of carbonyl (C=O) groups is 1. The molecule has 0 atom stereocenters. The molecule has 1 amide bonds. The summed E-state index contributed by atoms with van der Waals surface area (Å²) in [4.78, 5) is 11.4. The summed E-state index contributed by atoms with van der Waals surface area (Å²) >= 11 is 0. The Hall–Kier alpha value is -2.76. The average Bonchev–Trinajstić information content (AvgIpc) is 2.48. The topological polar surface area (TPSA) is 50.7 Å². The quantitative estimate of drug-likeness (QED) is 0.679. The number of nitrogens with zero attached hydrogens (tertiary/aromatic N) is 1. The first-order valence-electron chi connectivity index (χ1n) is 6.10. The van der Waals surface area contributed by atoms with Crippen molar-refractivity contribution in [1.29, 1.82) is 0 Å². The number of ether oxygens (including phenoxy) is 1. The summed E-state index contributed by atoms with van der Waals surface area (Å²) in [7, 11) is 0. The molecule has 0 fully saturated rings. The number of amides is 1. The van der Waals surface area contributed by atoms with Gasteiger partial charge in [-0.3, -0.25) is 4.79 Å². The molecule has 2 rings (SSSR count). The standard InChI is InChI=1S/C15H12F2N2O2/c16-12-6-2-1-5-11(12)9-18-19-15(20)10-21-14-8-4-3-7-13(14)17/h1-9H,10H2,(H,19,20)/b18-9-. The summed E-state index contributed by atoms with van der Waals surface area (Å²) in [5.41, 5.74) is 2.41. The zero-order chi connectivity index (χ0) is 15.1. The minimum atomic E-state index is -0.578. The third-order valence-corrected chi connectivity index (χ3v) is 2.49. The molecule has 0 aliphatic heterocycles. The summed E-state index contributed by atoms with van der Waals surface area (Å²) in [5.74, 6) is -1.60. The lowest BCUT2D eigenvalue weighted by atomic mass is 10.2. The van der Waals surface area contributed by atoms with Crippen molar-refractivity contribution in [2.45, 2.75) is 0 Å². The predicted octanol–water partition coefficient (Wildman–Crippen LogP) is 2.49. The first-order valence-corrected chi connectivity index (χ1v) is 6.10. The molecule has 0 unspecified atom stereocenters. The van der Waals surface area contributed by atoms with Crippen molar-refractivity contribution in [2.24, 2.45) is 5.10 Å². The molecule has 0 aromatic heterocycles. The summed E-state index contributed by atoms with van der Waals surface area (Å²) in [6, 6.07) is 11.7. The first-order chi connectivity index (χ1) is 10.2. The lowest BCUT2D eigenvalue weighted by Crippen LogP contribution is -2.24. The van der Waals surface area contributed by atoms with E-state index in [2.05, 4.69) is 10.5 Å². The van der Waals surface area contributed by atoms with Crippen LogP contribution in [0, 0.1) is 11.6 Å². The van der Waals surface area contributed by atoms with Gasteiger partial charge in [-0.05, 0) is 18.2 Å². The number of para-hydroxylation sites is 1. The van der Waals surface area contributed by atoms with Crippen LogP contribution in [0.2, 0.25) is 0 Å². The van der Waals surface area contributed by atoms with Crippen molar-refractivity contribution in [2.75, 3.05) is 6.61 Å². The van der Waals surface area contributed by atoms with Crippen LogP contribution in [0.4, 0.5) is 8.78 Å². The fraction of sp³-hybridized carbons (Fsp3) is 0.0667. The van der Waals surface area contributed by atoms with Gasteiger partial charge < -0.3 is 4.74 Å². The van der Waals surface area contributed by atoms with Gasteiger partial charge in [0.2, 0.25) is 0 Å². The van der Waals surface area contributed by atoms with Crippen LogP contribution in [0.25, 0.3) is 0 Å². The van der Waals surface area contributed by atoms with Crippen LogP contribution in [-0.4, -0.2) is 18.7 Å². The summed E-state index contributed by atoms with van der Waals surface area (Å²) in [6.07, 6.45) is 1.18. The van der Waals surface area contributed by atoms with Gasteiger partial charge in [0.05, 0.1) is 6.21 Å². The molecule has 2 aromatic rings. The predicted molar refractivity (Wildman–Crippen MR) is 74.0 cm³/mol. The third-order valence-electron chi connectivity index (χ3n) is 2.49. The molecule has 108 valence electrons. The molecule has 21 heavy (non-hydrogen) atoms. The largest absolute Gasteiger partial charge is 0.481 e. The van der Waals surface area contributed by atoms with Crippen LogP contribution in [0.15, 0.2) is 53.6 Å². The van der Waals surface area contributed by atoms with E-state index < -0.39 is 24.1 Å². The van der Waals surface area contributed by atoms with Crippen LogP contribution in [0.5, 0.6) is 5.75 Å². The van der Waals surface area contributed by atoms with Crippen molar-refractivity contribution in [3.8, 4) is 5.75 Å². The number of halogens is 2. The normalized spacial score (nSPS) is 10.6. The minimum Gasteiger partial charge on any atom is -0.481 e. The van der Waals surface area contributed by atoms with Gasteiger partial charge >= 0.3 is 0 Å². The Labute approximate surface area is 120 Å². The van der Waals surface area contributed by atoms with E-state index in [0.717, 1.165) is 0 Å². The molecule has 1 N–H and O–H groups in total. The molecule has 0 bridgehead atoms. The molecule has 0 heterocycles. The van der Waals surface area contributed by atoms with Crippen LogP contribution >= 0.6 is 0 Å². The van der Waals surface area contributed by atoms with Crippen molar-refractivity contribution < 1.29 is 18.3 Å². The molecular formula is C15H12F2N2O2. The number of hydrazone groups is 1. The third kappa shape index (κ3) is 4.38. The van der Waals surface area contributed by atoms with Crippen LogP contribution in [0.3, 0.4) is 0 Å². The second-order valence-corrected chi connectivity index (χ2v) is 4.03. The second kappa shape index (κ2) is 7.14. The van der Waals surface area contributed by atoms with Crippen molar-refractivity contribution in [3.63, 3.8) is 0 Å². The van der Waals surface area contributed by atoms with Gasteiger partial charge in [-0.15, -0.1) is 0 Å². The molecule has 0 saturated carbocycles. The van der Waals surface area contributed by atoms with Gasteiger partial charge in [-0.25, -0.2) is 14.2 Å². The average molecular weight is 290 g/mol. The SMILES string of the molecule is O=C(COc1ccccc1F)N/N=C\c1ccccc1F. The highest BCUT2D eigenvalue weighted by Crippen LogP contribution is 2.14. The molecule has 4 nitrogen and oxygen atoms in total. The molecule has 0 aliphatic carbocycles. The number of rotatable bonds is 5. The Morgan fingerprint density at radius 2 is 1.76 bits per heavy atom. The Morgan fingerprint density at radius 3 is 2.48 bits per heavy atom. The van der Waals surface area contributed by atoms with Gasteiger partial charge in [-0.1, -0.05) is 30.3 Å². The Balaban J connectivity index is 1.83. The van der Waals surface area contributed by atoms with Crippen molar-refractivity contribution >= 4 is 12.1 Å². The van der Waals surface area contributed by atoms with E-state index in [1.165, 1.54) is 36.5 Å². The second-order valence-electron chi connectivity index (χ2n) is 4.03. The Kier molecular flexibility index (Phi) is 4.98. The van der Waals surface area contributed by atoms with E-state index in [9.17, 15) is 13.6 Å². The summed E-state index contributed by atoms with van der Waals surface area (Å²) in [6.45, 7) is -0.393. The van der Waals surface area contributed by atoms with E-state index >= 15 is 0 Å². The lowest BCUT2D eigenvalue weighted by Gasteiger charge is -2.05. The maximum Gasteiger partial charge on any atom is 0.277 e. The number of nitrogens with one attached hydrogen (secondary N) is 1. The minimum absolute atomic E-state index is 0.0225. The maximum atomic E-state index is 13.3. The highest BCUT2D eigenvalue weighted by atomic mass is 19.1. The van der Waals surface area contributed by atoms with E-state index in [4.69, 9.17) is 4.74 Å². The number of benzene rings is 2. The molecule has 2 aromatic carbocycles. The number of hydrogen-bond donors (Lipinski definition) is 1. The van der Waals surface area contributed by atoms with E-state index in [0.29, 0.717) is 0 Å². The molecule has 0 saturated heterocycles. The first kappa shape index (κ1) is 14.6. The fourth-order valence-electron chi connectivity index (χ4n) is 1.49. The lowest BCUT2D eigenvalue weighted by molar-refractivity contribution is -0.123. The molecule has 0 radical (unpaired) electrons.